The van der Waals surface area contributed by atoms with Gasteiger partial charge in [-0.25, -0.2) is 4.98 Å². The molecule has 4 aliphatic rings. The maximum absolute atomic E-state index is 12.9. The minimum absolute atomic E-state index is 0.00648. The van der Waals surface area contributed by atoms with Crippen LogP contribution in [0.2, 0.25) is 0 Å². The SMILES string of the molecule is CC1=[N+](Cc2ccc(C)cc2)N=CC1c1cc2nc(C3CC4CCN3CC4)[nH]c(=O)c2s1. The number of aromatic amines is 1. The number of aryl methyl sites for hydroxylation is 1. The number of hydrazone groups is 1. The summed E-state index contributed by atoms with van der Waals surface area (Å²) in [5, 5.41) is 4.67. The number of thiophene rings is 1. The van der Waals surface area contributed by atoms with Gasteiger partial charge in [0.05, 0.1) is 17.8 Å². The van der Waals surface area contributed by atoms with E-state index in [0.717, 1.165) is 52.9 Å². The summed E-state index contributed by atoms with van der Waals surface area (Å²) in [6.07, 6.45) is 5.66. The van der Waals surface area contributed by atoms with Crippen molar-refractivity contribution < 1.29 is 4.68 Å². The van der Waals surface area contributed by atoms with Gasteiger partial charge in [-0.1, -0.05) is 34.5 Å². The molecule has 4 aliphatic heterocycles. The molecule has 3 aromatic rings. The predicted molar refractivity (Wildman–Crippen MR) is 129 cm³/mol. The summed E-state index contributed by atoms with van der Waals surface area (Å²) in [4.78, 5) is 24.6. The molecule has 7 rings (SSSR count). The molecule has 2 unspecified atom stereocenters. The molecule has 2 aromatic heterocycles. The summed E-state index contributed by atoms with van der Waals surface area (Å²) >= 11 is 1.55. The van der Waals surface area contributed by atoms with Crippen LogP contribution in [0, 0.1) is 12.8 Å². The largest absolute Gasteiger partial charge is 0.308 e. The van der Waals surface area contributed by atoms with Gasteiger partial charge in [0.25, 0.3) is 5.56 Å². The summed E-state index contributed by atoms with van der Waals surface area (Å²) in [5.41, 5.74) is 4.50. The van der Waals surface area contributed by atoms with Gasteiger partial charge >= 0.3 is 0 Å². The van der Waals surface area contributed by atoms with Crippen LogP contribution in [0.25, 0.3) is 10.2 Å². The molecule has 1 aromatic carbocycles. The predicted octanol–water partition coefficient (Wildman–Crippen LogP) is 4.21. The van der Waals surface area contributed by atoms with Gasteiger partial charge in [0.15, 0.2) is 12.3 Å². The van der Waals surface area contributed by atoms with Crippen molar-refractivity contribution in [2.24, 2.45) is 11.0 Å². The van der Waals surface area contributed by atoms with Crippen molar-refractivity contribution in [3.8, 4) is 0 Å². The smallest absolute Gasteiger partial charge is 0.268 e. The van der Waals surface area contributed by atoms with E-state index in [1.54, 1.807) is 11.3 Å². The van der Waals surface area contributed by atoms with Crippen LogP contribution >= 0.6 is 11.3 Å². The highest BCUT2D eigenvalue weighted by Gasteiger charge is 2.36. The highest BCUT2D eigenvalue weighted by atomic mass is 32.1. The fourth-order valence-electron chi connectivity index (χ4n) is 5.36. The molecule has 0 radical (unpaired) electrons. The van der Waals surface area contributed by atoms with Crippen molar-refractivity contribution in [3.63, 3.8) is 0 Å². The number of fused-ring (bicyclic) bond motifs is 4. The Morgan fingerprint density at radius 3 is 2.69 bits per heavy atom. The molecule has 2 bridgehead atoms. The number of H-pyrrole nitrogens is 1. The van der Waals surface area contributed by atoms with Gasteiger partial charge in [0.1, 0.15) is 16.4 Å². The lowest BCUT2D eigenvalue weighted by atomic mass is 9.83. The third-order valence-corrected chi connectivity index (χ3v) is 8.56. The first-order chi connectivity index (χ1) is 15.5. The summed E-state index contributed by atoms with van der Waals surface area (Å²) in [7, 11) is 0. The number of hydrogen-bond donors (Lipinski definition) is 1. The van der Waals surface area contributed by atoms with E-state index in [1.807, 2.05) is 6.21 Å². The van der Waals surface area contributed by atoms with Crippen molar-refractivity contribution in [1.29, 1.82) is 0 Å². The fraction of sp³-hybridized carbons (Fsp3) is 0.440. The van der Waals surface area contributed by atoms with Crippen LogP contribution in [0.5, 0.6) is 0 Å². The maximum atomic E-state index is 12.9. The fourth-order valence-corrected chi connectivity index (χ4v) is 6.47. The molecule has 6 nitrogen and oxygen atoms in total. The van der Waals surface area contributed by atoms with Crippen LogP contribution < -0.4 is 5.56 Å². The van der Waals surface area contributed by atoms with Gasteiger partial charge in [-0.05, 0) is 56.4 Å². The first-order valence-electron chi connectivity index (χ1n) is 11.5. The minimum atomic E-state index is -0.00648. The van der Waals surface area contributed by atoms with E-state index in [0.29, 0.717) is 0 Å². The average molecular weight is 447 g/mol. The van der Waals surface area contributed by atoms with Gasteiger partial charge in [0, 0.05) is 17.4 Å². The van der Waals surface area contributed by atoms with E-state index in [2.05, 4.69) is 63.8 Å². The molecule has 164 valence electrons. The quantitative estimate of drug-likeness (QED) is 0.611. The zero-order valence-electron chi connectivity index (χ0n) is 18.5. The van der Waals surface area contributed by atoms with E-state index in [-0.39, 0.29) is 17.5 Å². The summed E-state index contributed by atoms with van der Waals surface area (Å²) < 4.78 is 2.78. The number of nitrogens with zero attached hydrogens (tertiary/aromatic N) is 4. The standard InChI is InChI=1S/C25H27N5OS/c1-15-3-5-18(6-4-15)14-30-16(2)19(13-26-30)22-12-20-23(32-22)25(31)28-24(27-20)21-11-17-7-9-29(21)10-8-17/h3-6,12-13,17,19,21H,7-11,14H2,1-2H3/p+1. The van der Waals surface area contributed by atoms with Gasteiger partial charge in [-0.15, -0.1) is 11.3 Å². The Morgan fingerprint density at radius 1 is 1.19 bits per heavy atom. The van der Waals surface area contributed by atoms with Crippen molar-refractivity contribution in [3.05, 3.63) is 62.5 Å². The topological polar surface area (TPSA) is 64.4 Å². The number of piperidine rings is 3. The van der Waals surface area contributed by atoms with Crippen molar-refractivity contribution in [2.45, 2.75) is 51.6 Å². The van der Waals surface area contributed by atoms with Crippen LogP contribution in [0.1, 0.15) is 60.0 Å². The van der Waals surface area contributed by atoms with Gasteiger partial charge in [-0.2, -0.15) is 0 Å². The number of aromatic nitrogens is 2. The van der Waals surface area contributed by atoms with Crippen molar-refractivity contribution in [2.75, 3.05) is 13.1 Å². The van der Waals surface area contributed by atoms with Crippen molar-refractivity contribution >= 4 is 33.5 Å². The van der Waals surface area contributed by atoms with Crippen molar-refractivity contribution in [1.82, 2.24) is 14.9 Å². The molecule has 0 amide bonds. The molecule has 0 saturated carbocycles. The number of rotatable bonds is 4. The third-order valence-electron chi connectivity index (χ3n) is 7.35. The lowest BCUT2D eigenvalue weighted by Crippen LogP contribution is -2.44. The molecule has 2 atom stereocenters. The van der Waals surface area contributed by atoms with E-state index >= 15 is 0 Å². The lowest BCUT2D eigenvalue weighted by molar-refractivity contribution is -0.546. The molecule has 0 aliphatic carbocycles. The molecule has 7 heteroatoms. The Balaban J connectivity index is 1.30. The van der Waals surface area contributed by atoms with Gasteiger partial charge in [-0.3, -0.25) is 9.69 Å². The van der Waals surface area contributed by atoms with Gasteiger partial charge < -0.3 is 4.98 Å². The zero-order valence-corrected chi connectivity index (χ0v) is 19.4. The summed E-state index contributed by atoms with van der Waals surface area (Å²) in [5.74, 6) is 1.71. The van der Waals surface area contributed by atoms with Crippen LogP contribution in [-0.2, 0) is 6.54 Å². The Hall–Kier alpha value is -2.64. The normalized spacial score (nSPS) is 27.1. The first-order valence-corrected chi connectivity index (χ1v) is 12.3. The second-order valence-corrected chi connectivity index (χ2v) is 10.6. The molecule has 32 heavy (non-hydrogen) atoms. The van der Waals surface area contributed by atoms with Crippen LogP contribution in [0.3, 0.4) is 0 Å². The molecule has 3 saturated heterocycles. The van der Waals surface area contributed by atoms with E-state index in [4.69, 9.17) is 4.98 Å². The van der Waals surface area contributed by atoms with Crippen LogP contribution in [0.15, 0.2) is 40.2 Å². The Bertz CT molecular complexity index is 1290. The molecule has 0 spiro atoms. The van der Waals surface area contributed by atoms with E-state index < -0.39 is 0 Å². The number of nitrogens with one attached hydrogen (secondary N) is 1. The van der Waals surface area contributed by atoms with Crippen LogP contribution in [0.4, 0.5) is 0 Å². The minimum Gasteiger partial charge on any atom is -0.308 e. The monoisotopic (exact) mass is 446 g/mol. The Kier molecular flexibility index (Phi) is 4.84. The molecular formula is C25H28N5OS+. The maximum Gasteiger partial charge on any atom is 0.268 e. The van der Waals surface area contributed by atoms with Crippen LogP contribution in [-0.4, -0.2) is 44.6 Å². The molecule has 1 N–H and O–H groups in total. The lowest BCUT2D eigenvalue weighted by Gasteiger charge is -2.44. The molecule has 3 fully saturated rings. The average Bonchev–Trinajstić information content (AvgIpc) is 3.40. The molecule has 6 heterocycles. The first kappa shape index (κ1) is 20.0. The third kappa shape index (κ3) is 3.44. The van der Waals surface area contributed by atoms with E-state index in [1.165, 1.54) is 29.7 Å². The highest BCUT2D eigenvalue weighted by molar-refractivity contribution is 7.19. The number of hydrogen-bond acceptors (Lipinski definition) is 5. The zero-order chi connectivity index (χ0) is 21.8. The Labute approximate surface area is 191 Å². The van der Waals surface area contributed by atoms with E-state index in [9.17, 15) is 4.79 Å². The highest BCUT2D eigenvalue weighted by Crippen LogP contribution is 2.39. The summed E-state index contributed by atoms with van der Waals surface area (Å²) in [6, 6.07) is 10.9. The summed E-state index contributed by atoms with van der Waals surface area (Å²) in [6.45, 7) is 7.23. The molecular weight excluding hydrogens is 418 g/mol. The van der Waals surface area contributed by atoms with Gasteiger partial charge in [0.2, 0.25) is 0 Å². The second-order valence-electron chi connectivity index (χ2n) is 9.47. The second kappa shape index (κ2) is 7.74. The Morgan fingerprint density at radius 2 is 1.97 bits per heavy atom. The number of benzene rings is 1.